The number of pyridine rings is 1. The number of likely N-dealkylation sites (tertiary alicyclic amines) is 1. The number of aromatic nitrogens is 1. The molecule has 1 fully saturated rings. The van der Waals surface area contributed by atoms with E-state index >= 15 is 0 Å². The monoisotopic (exact) mass is 496 g/mol. The largest absolute Gasteiger partial charge is 0.507 e. The quantitative estimate of drug-likeness (QED) is 0.181. The Morgan fingerprint density at radius 1 is 1.05 bits per heavy atom. The van der Waals surface area contributed by atoms with Gasteiger partial charge in [0.25, 0.3) is 11.7 Å². The lowest BCUT2D eigenvalue weighted by molar-refractivity contribution is -0.140. The summed E-state index contributed by atoms with van der Waals surface area (Å²) < 4.78 is 11.2. The van der Waals surface area contributed by atoms with E-state index in [2.05, 4.69) is 18.1 Å². The molecule has 0 spiro atoms. The molecule has 2 heterocycles. The molecule has 1 aliphatic heterocycles. The van der Waals surface area contributed by atoms with Crippen LogP contribution in [0.5, 0.6) is 11.5 Å². The molecule has 1 aromatic heterocycles. The number of carbonyl (C=O) groups is 2. The number of ketones is 1. The first-order valence-corrected chi connectivity index (χ1v) is 11.8. The first-order valence-electron chi connectivity index (χ1n) is 11.8. The van der Waals surface area contributed by atoms with Crippen LogP contribution >= 0.6 is 0 Å². The van der Waals surface area contributed by atoms with Gasteiger partial charge in [-0.05, 0) is 60.0 Å². The minimum atomic E-state index is -0.800. The fourth-order valence-electron chi connectivity index (χ4n) is 4.24. The minimum absolute atomic E-state index is 0.0211. The number of hydrogen-bond donors (Lipinski definition) is 1. The zero-order chi connectivity index (χ0) is 26.4. The Kier molecular flexibility index (Phi) is 7.83. The van der Waals surface area contributed by atoms with Crippen molar-refractivity contribution in [1.82, 2.24) is 9.88 Å². The van der Waals surface area contributed by atoms with Crippen molar-refractivity contribution in [3.63, 3.8) is 0 Å². The molecule has 1 amide bonds. The van der Waals surface area contributed by atoms with E-state index in [-0.39, 0.29) is 17.9 Å². The molecular weight excluding hydrogens is 468 g/mol. The van der Waals surface area contributed by atoms with Crippen LogP contribution in [0.4, 0.5) is 0 Å². The van der Waals surface area contributed by atoms with Gasteiger partial charge in [-0.2, -0.15) is 0 Å². The van der Waals surface area contributed by atoms with Gasteiger partial charge in [0.05, 0.1) is 11.6 Å². The summed E-state index contributed by atoms with van der Waals surface area (Å²) in [6, 6.07) is 15.0. The van der Waals surface area contributed by atoms with Crippen molar-refractivity contribution in [2.75, 3.05) is 13.2 Å². The van der Waals surface area contributed by atoms with Crippen molar-refractivity contribution >= 4 is 17.4 Å². The number of Topliss-reactive ketones (excluding diaryl/α,β-unsaturated/α-hetero) is 1. The molecule has 1 aliphatic rings. The van der Waals surface area contributed by atoms with Gasteiger partial charge in [-0.1, -0.05) is 43.5 Å². The van der Waals surface area contributed by atoms with Gasteiger partial charge in [0.2, 0.25) is 0 Å². The standard InChI is InChI=1S/C30H28N2O5/c1-4-15-36-24-11-8-22(9-12-24)27-26(28(33)23-10-13-25(20(3)17-23)37-16-5-2)29(34)30(35)32(27)19-21-7-6-14-31-18-21/h4-14,17-18,27,33H,1-2,15-16,19H2,3H3. The zero-order valence-corrected chi connectivity index (χ0v) is 20.6. The average Bonchev–Trinajstić information content (AvgIpc) is 3.16. The second-order valence-electron chi connectivity index (χ2n) is 8.54. The van der Waals surface area contributed by atoms with Crippen LogP contribution in [0.2, 0.25) is 0 Å². The molecule has 2 aromatic carbocycles. The summed E-state index contributed by atoms with van der Waals surface area (Å²) in [6.45, 7) is 9.99. The van der Waals surface area contributed by atoms with Gasteiger partial charge < -0.3 is 19.5 Å². The fourth-order valence-corrected chi connectivity index (χ4v) is 4.24. The number of aryl methyl sites for hydroxylation is 1. The molecule has 0 aliphatic carbocycles. The fraction of sp³-hybridized carbons (Fsp3) is 0.167. The number of aliphatic hydroxyl groups excluding tert-OH is 1. The van der Waals surface area contributed by atoms with E-state index in [0.717, 1.165) is 11.1 Å². The van der Waals surface area contributed by atoms with Gasteiger partial charge in [-0.3, -0.25) is 14.6 Å². The van der Waals surface area contributed by atoms with E-state index < -0.39 is 17.7 Å². The maximum atomic E-state index is 13.3. The highest BCUT2D eigenvalue weighted by molar-refractivity contribution is 6.46. The van der Waals surface area contributed by atoms with Crippen LogP contribution in [0.3, 0.4) is 0 Å². The number of aliphatic hydroxyl groups is 1. The third-order valence-corrected chi connectivity index (χ3v) is 5.98. The number of benzene rings is 2. The molecule has 7 heteroatoms. The topological polar surface area (TPSA) is 89.0 Å². The Balaban J connectivity index is 1.79. The van der Waals surface area contributed by atoms with Crippen molar-refractivity contribution in [2.24, 2.45) is 0 Å². The lowest BCUT2D eigenvalue weighted by atomic mass is 9.94. The maximum Gasteiger partial charge on any atom is 0.295 e. The second kappa shape index (κ2) is 11.4. The highest BCUT2D eigenvalue weighted by Gasteiger charge is 2.46. The van der Waals surface area contributed by atoms with Crippen molar-refractivity contribution < 1.29 is 24.2 Å². The Morgan fingerprint density at radius 2 is 1.78 bits per heavy atom. The first-order chi connectivity index (χ1) is 17.9. The van der Waals surface area contributed by atoms with E-state index in [1.54, 1.807) is 73.1 Å². The summed E-state index contributed by atoms with van der Waals surface area (Å²) in [4.78, 5) is 32.1. The molecule has 188 valence electrons. The summed E-state index contributed by atoms with van der Waals surface area (Å²) >= 11 is 0. The zero-order valence-electron chi connectivity index (χ0n) is 20.6. The van der Waals surface area contributed by atoms with E-state index in [0.29, 0.717) is 35.8 Å². The predicted octanol–water partition coefficient (Wildman–Crippen LogP) is 5.14. The van der Waals surface area contributed by atoms with Crippen LogP contribution in [0, 0.1) is 6.92 Å². The molecule has 1 N–H and O–H groups in total. The van der Waals surface area contributed by atoms with E-state index in [1.165, 1.54) is 4.90 Å². The Bertz CT molecular complexity index is 1350. The summed E-state index contributed by atoms with van der Waals surface area (Å²) in [5.41, 5.74) is 2.64. The smallest absolute Gasteiger partial charge is 0.295 e. The van der Waals surface area contributed by atoms with Crippen LogP contribution in [0.25, 0.3) is 5.76 Å². The summed E-state index contributed by atoms with van der Waals surface area (Å²) in [5.74, 6) is -0.422. The number of carbonyl (C=O) groups excluding carboxylic acids is 2. The molecule has 3 aromatic rings. The third kappa shape index (κ3) is 5.46. The molecule has 4 rings (SSSR count). The number of amides is 1. The third-order valence-electron chi connectivity index (χ3n) is 5.98. The first kappa shape index (κ1) is 25.4. The van der Waals surface area contributed by atoms with Crippen molar-refractivity contribution in [3.05, 3.63) is 120 Å². The number of nitrogens with zero attached hydrogens (tertiary/aromatic N) is 2. The number of ether oxygens (including phenoxy) is 2. The van der Waals surface area contributed by atoms with Crippen molar-refractivity contribution in [3.8, 4) is 11.5 Å². The maximum absolute atomic E-state index is 13.3. The predicted molar refractivity (Wildman–Crippen MR) is 141 cm³/mol. The molecule has 37 heavy (non-hydrogen) atoms. The average molecular weight is 497 g/mol. The normalized spacial score (nSPS) is 16.5. The van der Waals surface area contributed by atoms with Gasteiger partial charge in [0.15, 0.2) is 0 Å². The minimum Gasteiger partial charge on any atom is -0.507 e. The van der Waals surface area contributed by atoms with Crippen LogP contribution < -0.4 is 9.47 Å². The molecule has 0 bridgehead atoms. The molecule has 1 atom stereocenters. The van der Waals surface area contributed by atoms with Crippen molar-refractivity contribution in [1.29, 1.82) is 0 Å². The molecule has 1 unspecified atom stereocenters. The Labute approximate surface area is 216 Å². The number of rotatable bonds is 10. The van der Waals surface area contributed by atoms with Gasteiger partial charge in [0.1, 0.15) is 30.5 Å². The molecule has 7 nitrogen and oxygen atoms in total. The second-order valence-corrected chi connectivity index (χ2v) is 8.54. The Hall–Kier alpha value is -4.65. The molecule has 1 saturated heterocycles. The van der Waals surface area contributed by atoms with E-state index in [1.807, 2.05) is 13.0 Å². The van der Waals surface area contributed by atoms with E-state index in [9.17, 15) is 14.7 Å². The number of hydrogen-bond acceptors (Lipinski definition) is 6. The Morgan fingerprint density at radius 3 is 2.43 bits per heavy atom. The van der Waals surface area contributed by atoms with Gasteiger partial charge in [0, 0.05) is 24.5 Å². The highest BCUT2D eigenvalue weighted by Crippen LogP contribution is 2.41. The molecule has 0 saturated carbocycles. The molecule has 0 radical (unpaired) electrons. The van der Waals surface area contributed by atoms with Gasteiger partial charge in [-0.25, -0.2) is 0 Å². The van der Waals surface area contributed by atoms with Crippen molar-refractivity contribution in [2.45, 2.75) is 19.5 Å². The van der Waals surface area contributed by atoms with Crippen LogP contribution in [0.1, 0.15) is 28.3 Å². The van der Waals surface area contributed by atoms with Crippen LogP contribution in [0.15, 0.2) is 97.9 Å². The molecular formula is C30H28N2O5. The summed E-state index contributed by atoms with van der Waals surface area (Å²) in [7, 11) is 0. The van der Waals surface area contributed by atoms with E-state index in [4.69, 9.17) is 9.47 Å². The SMILES string of the molecule is C=CCOc1ccc(C2C(=C(O)c3ccc(OCC=C)c(C)c3)C(=O)C(=O)N2Cc2cccnc2)cc1. The lowest BCUT2D eigenvalue weighted by Gasteiger charge is -2.25. The van der Waals surface area contributed by atoms with Crippen LogP contribution in [-0.4, -0.2) is 39.9 Å². The van der Waals surface area contributed by atoms with Crippen LogP contribution in [-0.2, 0) is 16.1 Å². The summed E-state index contributed by atoms with van der Waals surface area (Å²) in [5, 5.41) is 11.4. The van der Waals surface area contributed by atoms with Gasteiger partial charge in [-0.15, -0.1) is 0 Å². The van der Waals surface area contributed by atoms with Gasteiger partial charge >= 0.3 is 0 Å². The lowest BCUT2D eigenvalue weighted by Crippen LogP contribution is -2.29. The summed E-state index contributed by atoms with van der Waals surface area (Å²) in [6.07, 6.45) is 6.58. The highest BCUT2D eigenvalue weighted by atomic mass is 16.5.